The molecule has 62 valence electrons. The second-order valence-electron chi connectivity index (χ2n) is 2.59. The molecule has 0 spiro atoms. The van der Waals surface area contributed by atoms with Gasteiger partial charge < -0.3 is 4.90 Å². The Morgan fingerprint density at radius 2 is 2.36 bits per heavy atom. The van der Waals surface area contributed by atoms with E-state index < -0.39 is 0 Å². The highest BCUT2D eigenvalue weighted by atomic mass is 79.9. The molecule has 11 heavy (non-hydrogen) atoms. The first-order valence-corrected chi connectivity index (χ1v) is 5.30. The summed E-state index contributed by atoms with van der Waals surface area (Å²) in [4.78, 5) is 7.69. The van der Waals surface area contributed by atoms with Crippen molar-refractivity contribution in [2.45, 2.75) is 11.9 Å². The Hall–Kier alpha value is 0.0700. The second kappa shape index (κ2) is 4.18. The number of nitrogens with zero attached hydrogens (tertiary/aromatic N) is 2. The van der Waals surface area contributed by atoms with Crippen molar-refractivity contribution < 1.29 is 0 Å². The largest absolute Gasteiger partial charge is 0.303 e. The van der Waals surface area contributed by atoms with Crippen LogP contribution in [0.2, 0.25) is 0 Å². The van der Waals surface area contributed by atoms with Gasteiger partial charge in [0.05, 0.1) is 0 Å². The van der Waals surface area contributed by atoms with Crippen LogP contribution in [0.25, 0.3) is 0 Å². The van der Waals surface area contributed by atoms with E-state index in [2.05, 4.69) is 39.9 Å². The lowest BCUT2D eigenvalue weighted by atomic mass is 10.6. The molecular formula is C7H11BrN2S. The number of hydrogen-bond donors (Lipinski definition) is 0. The molecule has 0 fully saturated rings. The molecular weight excluding hydrogens is 224 g/mol. The van der Waals surface area contributed by atoms with Crippen LogP contribution in [0, 0.1) is 0 Å². The fraction of sp³-hybridized carbons (Fsp3) is 0.571. The highest BCUT2D eigenvalue weighted by Gasteiger charge is 2.00. The Morgan fingerprint density at radius 1 is 1.64 bits per heavy atom. The zero-order valence-electron chi connectivity index (χ0n) is 6.67. The average Bonchev–Trinajstić information content (AvgIpc) is 2.34. The molecule has 1 heterocycles. The fourth-order valence-electron chi connectivity index (χ4n) is 0.753. The summed E-state index contributed by atoms with van der Waals surface area (Å²) in [5, 5.41) is 2.10. The second-order valence-corrected chi connectivity index (χ2v) is 4.35. The van der Waals surface area contributed by atoms with Crippen molar-refractivity contribution >= 4 is 27.3 Å². The minimum atomic E-state index is 0.915. The maximum absolute atomic E-state index is 4.27. The van der Waals surface area contributed by atoms with E-state index in [-0.39, 0.29) is 0 Å². The van der Waals surface area contributed by atoms with Crippen molar-refractivity contribution in [3.63, 3.8) is 0 Å². The number of aromatic nitrogens is 1. The molecule has 0 unspecified atom stereocenters. The van der Waals surface area contributed by atoms with E-state index in [1.165, 1.54) is 9.88 Å². The van der Waals surface area contributed by atoms with Crippen molar-refractivity contribution in [1.82, 2.24) is 9.88 Å². The highest BCUT2D eigenvalue weighted by molar-refractivity contribution is 9.08. The first kappa shape index (κ1) is 9.16. The van der Waals surface area contributed by atoms with Gasteiger partial charge in [0.2, 0.25) is 0 Å². The molecule has 0 N–H and O–H groups in total. The van der Waals surface area contributed by atoms with E-state index >= 15 is 0 Å². The lowest BCUT2D eigenvalue weighted by Gasteiger charge is -2.04. The van der Waals surface area contributed by atoms with Gasteiger partial charge >= 0.3 is 0 Å². The topological polar surface area (TPSA) is 16.1 Å². The number of hydrogen-bond acceptors (Lipinski definition) is 3. The van der Waals surface area contributed by atoms with Crippen LogP contribution >= 0.6 is 27.3 Å². The van der Waals surface area contributed by atoms with Gasteiger partial charge in [-0.25, -0.2) is 4.98 Å². The van der Waals surface area contributed by atoms with E-state index in [1.54, 1.807) is 11.3 Å². The molecule has 0 aliphatic heterocycles. The van der Waals surface area contributed by atoms with Gasteiger partial charge in [0.1, 0.15) is 5.01 Å². The first-order valence-electron chi connectivity index (χ1n) is 3.36. The van der Waals surface area contributed by atoms with Gasteiger partial charge in [-0.1, -0.05) is 15.9 Å². The molecule has 0 aromatic carbocycles. The summed E-state index contributed by atoms with van der Waals surface area (Å²) in [6, 6.07) is 0. The van der Waals surface area contributed by atoms with Crippen LogP contribution in [0.3, 0.4) is 0 Å². The van der Waals surface area contributed by atoms with Gasteiger partial charge in [0.25, 0.3) is 0 Å². The van der Waals surface area contributed by atoms with Crippen molar-refractivity contribution in [2.75, 3.05) is 14.1 Å². The van der Waals surface area contributed by atoms with Gasteiger partial charge in [-0.15, -0.1) is 11.3 Å². The Balaban J connectivity index is 2.58. The minimum absolute atomic E-state index is 0.915. The molecule has 0 radical (unpaired) electrons. The molecule has 4 heteroatoms. The van der Waals surface area contributed by atoms with Gasteiger partial charge in [0.15, 0.2) is 0 Å². The molecule has 0 bridgehead atoms. The third-order valence-corrected chi connectivity index (χ3v) is 3.14. The number of thiazole rings is 1. The Kier molecular flexibility index (Phi) is 3.48. The summed E-state index contributed by atoms with van der Waals surface area (Å²) in [7, 11) is 4.10. The minimum Gasteiger partial charge on any atom is -0.303 e. The van der Waals surface area contributed by atoms with Gasteiger partial charge in [-0.2, -0.15) is 0 Å². The molecule has 0 amide bonds. The SMILES string of the molecule is CN(C)Cc1ncc(CBr)s1. The van der Waals surface area contributed by atoms with Crippen LogP contribution < -0.4 is 0 Å². The van der Waals surface area contributed by atoms with Gasteiger partial charge in [-0.05, 0) is 14.1 Å². The van der Waals surface area contributed by atoms with E-state index in [4.69, 9.17) is 0 Å². The normalized spacial score (nSPS) is 10.9. The Morgan fingerprint density at radius 3 is 2.82 bits per heavy atom. The molecule has 0 atom stereocenters. The van der Waals surface area contributed by atoms with E-state index in [0.29, 0.717) is 0 Å². The van der Waals surface area contributed by atoms with Crippen LogP contribution in [0.15, 0.2) is 6.20 Å². The van der Waals surface area contributed by atoms with Crippen molar-refractivity contribution in [2.24, 2.45) is 0 Å². The fourth-order valence-corrected chi connectivity index (χ4v) is 2.13. The average molecular weight is 235 g/mol. The number of rotatable bonds is 3. The Labute approximate surface area is 79.4 Å². The number of alkyl halides is 1. The maximum atomic E-state index is 4.27. The van der Waals surface area contributed by atoms with E-state index in [0.717, 1.165) is 11.9 Å². The van der Waals surface area contributed by atoms with Crippen LogP contribution in [-0.2, 0) is 11.9 Å². The first-order chi connectivity index (χ1) is 5.22. The van der Waals surface area contributed by atoms with Crippen LogP contribution in [0.4, 0.5) is 0 Å². The molecule has 1 aromatic rings. The summed E-state index contributed by atoms with van der Waals surface area (Å²) in [6.07, 6.45) is 1.93. The predicted octanol–water partition coefficient (Wildman–Crippen LogP) is 2.10. The third kappa shape index (κ3) is 2.89. The highest BCUT2D eigenvalue weighted by Crippen LogP contribution is 2.16. The summed E-state index contributed by atoms with van der Waals surface area (Å²) < 4.78 is 0. The smallest absolute Gasteiger partial charge is 0.107 e. The van der Waals surface area contributed by atoms with Gasteiger partial charge in [0, 0.05) is 22.9 Å². The zero-order valence-corrected chi connectivity index (χ0v) is 9.07. The Bertz CT molecular complexity index is 222. The number of halogens is 1. The van der Waals surface area contributed by atoms with Crippen molar-refractivity contribution in [1.29, 1.82) is 0 Å². The van der Waals surface area contributed by atoms with Crippen LogP contribution in [-0.4, -0.2) is 24.0 Å². The lowest BCUT2D eigenvalue weighted by Crippen LogP contribution is -2.09. The predicted molar refractivity (Wildman–Crippen MR) is 52.1 cm³/mol. The summed E-state index contributed by atoms with van der Waals surface area (Å²) in [5.74, 6) is 0. The summed E-state index contributed by atoms with van der Waals surface area (Å²) >= 11 is 5.16. The maximum Gasteiger partial charge on any atom is 0.107 e. The van der Waals surface area contributed by atoms with Gasteiger partial charge in [-0.3, -0.25) is 0 Å². The molecule has 1 rings (SSSR count). The molecule has 0 aliphatic rings. The molecule has 0 saturated heterocycles. The van der Waals surface area contributed by atoms with Crippen molar-refractivity contribution in [3.05, 3.63) is 16.1 Å². The standard InChI is InChI=1S/C7H11BrN2S/c1-10(2)5-7-9-4-6(3-8)11-7/h4H,3,5H2,1-2H3. The molecule has 0 aliphatic carbocycles. The third-order valence-electron chi connectivity index (χ3n) is 1.18. The summed E-state index contributed by atoms with van der Waals surface area (Å²) in [5.41, 5.74) is 0. The van der Waals surface area contributed by atoms with E-state index in [1.807, 2.05) is 6.20 Å². The van der Waals surface area contributed by atoms with E-state index in [9.17, 15) is 0 Å². The quantitative estimate of drug-likeness (QED) is 0.746. The van der Waals surface area contributed by atoms with Crippen LogP contribution in [0.1, 0.15) is 9.88 Å². The monoisotopic (exact) mass is 234 g/mol. The molecule has 0 saturated carbocycles. The van der Waals surface area contributed by atoms with Crippen molar-refractivity contribution in [3.8, 4) is 0 Å². The zero-order chi connectivity index (χ0) is 8.27. The summed E-state index contributed by atoms with van der Waals surface area (Å²) in [6.45, 7) is 0.942. The lowest BCUT2D eigenvalue weighted by molar-refractivity contribution is 0.401. The molecule has 2 nitrogen and oxygen atoms in total. The van der Waals surface area contributed by atoms with Crippen LogP contribution in [0.5, 0.6) is 0 Å². The molecule has 1 aromatic heterocycles.